The molecule has 0 aliphatic heterocycles. The van der Waals surface area contributed by atoms with E-state index in [0.29, 0.717) is 0 Å². The van der Waals surface area contributed by atoms with Crippen LogP contribution in [-0.4, -0.2) is 26.6 Å². The maximum Gasteiger partial charge on any atom is 0.124 e. The molecule has 0 amide bonds. The third-order valence-corrected chi connectivity index (χ3v) is 3.61. The molecule has 0 aliphatic carbocycles. The summed E-state index contributed by atoms with van der Waals surface area (Å²) in [4.78, 5) is 1.20. The smallest absolute Gasteiger partial charge is 0.124 e. The molecular weight excluding hydrogens is 234 g/mol. The molecule has 4 heteroatoms. The lowest BCUT2D eigenvalue weighted by atomic mass is 10.1. The number of hydrogen-bond donors (Lipinski definition) is 1. The van der Waals surface area contributed by atoms with Crippen molar-refractivity contribution in [1.82, 2.24) is 0 Å². The molecule has 0 aromatic heterocycles. The van der Waals surface area contributed by atoms with Gasteiger partial charge in [-0.15, -0.1) is 11.8 Å². The van der Waals surface area contributed by atoms with E-state index in [9.17, 15) is 0 Å². The van der Waals surface area contributed by atoms with E-state index in [4.69, 9.17) is 15.2 Å². The van der Waals surface area contributed by atoms with Crippen LogP contribution in [0.4, 0.5) is 0 Å². The van der Waals surface area contributed by atoms with Crippen LogP contribution < -0.4 is 10.5 Å². The van der Waals surface area contributed by atoms with Crippen LogP contribution >= 0.6 is 11.8 Å². The van der Waals surface area contributed by atoms with Gasteiger partial charge in [0.2, 0.25) is 0 Å². The second-order valence-corrected chi connectivity index (χ2v) is 4.99. The quantitative estimate of drug-likeness (QED) is 0.601. The maximum absolute atomic E-state index is 6.00. The maximum atomic E-state index is 6.00. The molecule has 2 N–H and O–H groups in total. The van der Waals surface area contributed by atoms with Gasteiger partial charge in [-0.1, -0.05) is 6.07 Å². The first-order chi connectivity index (χ1) is 8.20. The van der Waals surface area contributed by atoms with Crippen LogP contribution in [0.15, 0.2) is 23.1 Å². The molecule has 1 aromatic rings. The summed E-state index contributed by atoms with van der Waals surface area (Å²) in [6.45, 7) is 2.78. The third-order valence-electron chi connectivity index (χ3n) is 2.45. The molecule has 0 unspecified atom stereocenters. The lowest BCUT2D eigenvalue weighted by Gasteiger charge is -2.16. The monoisotopic (exact) mass is 255 g/mol. The number of ether oxygens (including phenoxy) is 2. The Morgan fingerprint density at radius 2 is 2.12 bits per heavy atom. The zero-order chi connectivity index (χ0) is 12.7. The fraction of sp³-hybridized carbons (Fsp3) is 0.538. The van der Waals surface area contributed by atoms with E-state index in [1.54, 1.807) is 26.0 Å². The highest BCUT2D eigenvalue weighted by molar-refractivity contribution is 7.99. The van der Waals surface area contributed by atoms with Gasteiger partial charge in [0.15, 0.2) is 0 Å². The largest absolute Gasteiger partial charge is 0.496 e. The van der Waals surface area contributed by atoms with Crippen molar-refractivity contribution >= 4 is 11.8 Å². The Balaban J connectivity index is 2.76. The second-order valence-electron chi connectivity index (χ2n) is 3.86. The Morgan fingerprint density at radius 3 is 2.71 bits per heavy atom. The summed E-state index contributed by atoms with van der Waals surface area (Å²) in [6.07, 6.45) is 1.04. The topological polar surface area (TPSA) is 44.5 Å². The van der Waals surface area contributed by atoms with Gasteiger partial charge in [0.05, 0.1) is 7.11 Å². The van der Waals surface area contributed by atoms with Crippen molar-refractivity contribution in [3.63, 3.8) is 0 Å². The molecule has 0 aliphatic rings. The Hall–Kier alpha value is -0.710. The van der Waals surface area contributed by atoms with Crippen molar-refractivity contribution in [3.8, 4) is 5.75 Å². The summed E-state index contributed by atoms with van der Waals surface area (Å²) in [7, 11) is 3.41. The van der Waals surface area contributed by atoms with E-state index in [0.717, 1.165) is 30.1 Å². The molecule has 0 saturated heterocycles. The third kappa shape index (κ3) is 4.22. The van der Waals surface area contributed by atoms with Crippen molar-refractivity contribution in [2.75, 3.05) is 26.6 Å². The predicted octanol–water partition coefficient (Wildman–Crippen LogP) is 2.84. The highest BCUT2D eigenvalue weighted by Crippen LogP contribution is 2.34. The van der Waals surface area contributed by atoms with E-state index in [-0.39, 0.29) is 6.04 Å². The summed E-state index contributed by atoms with van der Waals surface area (Å²) in [5, 5.41) is 0. The normalized spacial score (nSPS) is 12.5. The molecular formula is C13H21NO2S. The molecule has 96 valence electrons. The summed E-state index contributed by atoms with van der Waals surface area (Å²) in [6, 6.07) is 6.04. The average Bonchev–Trinajstić information content (AvgIpc) is 2.33. The van der Waals surface area contributed by atoms with Crippen molar-refractivity contribution < 1.29 is 9.47 Å². The van der Waals surface area contributed by atoms with Gasteiger partial charge in [0.25, 0.3) is 0 Å². The van der Waals surface area contributed by atoms with E-state index in [1.807, 2.05) is 19.1 Å². The standard InChI is InChI=1S/C13H21NO2S/c1-10(14)13-11(16-3)6-4-7-12(13)17-9-5-8-15-2/h4,6-7,10H,5,8-9,14H2,1-3H3/t10-/m1/s1. The van der Waals surface area contributed by atoms with Crippen molar-refractivity contribution in [3.05, 3.63) is 23.8 Å². The zero-order valence-corrected chi connectivity index (χ0v) is 11.5. The van der Waals surface area contributed by atoms with Gasteiger partial charge in [0.1, 0.15) is 5.75 Å². The van der Waals surface area contributed by atoms with Crippen molar-refractivity contribution in [2.24, 2.45) is 5.73 Å². The number of rotatable bonds is 7. The van der Waals surface area contributed by atoms with Crippen LogP contribution in [0.25, 0.3) is 0 Å². The van der Waals surface area contributed by atoms with Gasteiger partial charge in [-0.3, -0.25) is 0 Å². The fourth-order valence-corrected chi connectivity index (χ4v) is 2.76. The Bertz CT molecular complexity index is 342. The number of methoxy groups -OCH3 is 2. The fourth-order valence-electron chi connectivity index (χ4n) is 1.66. The number of nitrogens with two attached hydrogens (primary N) is 1. The lowest BCUT2D eigenvalue weighted by molar-refractivity contribution is 0.200. The molecule has 0 bridgehead atoms. The lowest BCUT2D eigenvalue weighted by Crippen LogP contribution is -2.08. The summed E-state index contributed by atoms with van der Waals surface area (Å²) in [5.41, 5.74) is 7.10. The molecule has 1 rings (SSSR count). The van der Waals surface area contributed by atoms with Gasteiger partial charge in [-0.05, 0) is 25.5 Å². The van der Waals surface area contributed by atoms with Gasteiger partial charge in [-0.25, -0.2) is 0 Å². The van der Waals surface area contributed by atoms with Gasteiger partial charge in [0, 0.05) is 36.0 Å². The van der Waals surface area contributed by atoms with Crippen molar-refractivity contribution in [1.29, 1.82) is 0 Å². The zero-order valence-electron chi connectivity index (χ0n) is 10.7. The summed E-state index contributed by atoms with van der Waals surface area (Å²) in [5.74, 6) is 1.90. The molecule has 0 saturated carbocycles. The van der Waals surface area contributed by atoms with Crippen molar-refractivity contribution in [2.45, 2.75) is 24.3 Å². The van der Waals surface area contributed by atoms with Crippen LogP contribution in [-0.2, 0) is 4.74 Å². The van der Waals surface area contributed by atoms with Crippen LogP contribution in [0.3, 0.4) is 0 Å². The molecule has 1 aromatic carbocycles. The number of benzene rings is 1. The van der Waals surface area contributed by atoms with Crippen LogP contribution in [0.1, 0.15) is 24.9 Å². The molecule has 0 heterocycles. The van der Waals surface area contributed by atoms with E-state index in [2.05, 4.69) is 6.07 Å². The van der Waals surface area contributed by atoms with Gasteiger partial charge < -0.3 is 15.2 Å². The van der Waals surface area contributed by atoms with Gasteiger partial charge in [-0.2, -0.15) is 0 Å². The van der Waals surface area contributed by atoms with Crippen LogP contribution in [0, 0.1) is 0 Å². The highest BCUT2D eigenvalue weighted by atomic mass is 32.2. The van der Waals surface area contributed by atoms with E-state index < -0.39 is 0 Å². The minimum absolute atomic E-state index is 0.0175. The molecule has 0 fully saturated rings. The number of thioether (sulfide) groups is 1. The summed E-state index contributed by atoms with van der Waals surface area (Å²) >= 11 is 1.80. The minimum atomic E-state index is -0.0175. The Labute approximate surface area is 108 Å². The molecule has 0 radical (unpaired) electrons. The molecule has 3 nitrogen and oxygen atoms in total. The first-order valence-corrected chi connectivity index (χ1v) is 6.73. The number of hydrogen-bond acceptors (Lipinski definition) is 4. The first-order valence-electron chi connectivity index (χ1n) is 5.75. The molecule has 1 atom stereocenters. The van der Waals surface area contributed by atoms with E-state index >= 15 is 0 Å². The van der Waals surface area contributed by atoms with Crippen LogP contribution in [0.5, 0.6) is 5.75 Å². The molecule has 17 heavy (non-hydrogen) atoms. The first kappa shape index (κ1) is 14.4. The minimum Gasteiger partial charge on any atom is -0.496 e. The Kier molecular flexibility index (Phi) is 6.40. The van der Waals surface area contributed by atoms with Gasteiger partial charge >= 0.3 is 0 Å². The SMILES string of the molecule is COCCCSc1cccc(OC)c1[C@@H](C)N. The average molecular weight is 255 g/mol. The predicted molar refractivity (Wildman–Crippen MR) is 72.8 cm³/mol. The van der Waals surface area contributed by atoms with Crippen LogP contribution in [0.2, 0.25) is 0 Å². The Morgan fingerprint density at radius 1 is 1.35 bits per heavy atom. The van der Waals surface area contributed by atoms with E-state index in [1.165, 1.54) is 4.90 Å². The summed E-state index contributed by atoms with van der Waals surface area (Å²) < 4.78 is 10.4. The second kappa shape index (κ2) is 7.58. The molecule has 0 spiro atoms. The highest BCUT2D eigenvalue weighted by Gasteiger charge is 2.12.